The van der Waals surface area contributed by atoms with Gasteiger partial charge in [-0.15, -0.1) is 0 Å². The van der Waals surface area contributed by atoms with Crippen LogP contribution in [-0.2, 0) is 0 Å². The number of halogens is 1. The van der Waals surface area contributed by atoms with Gasteiger partial charge in [-0.1, -0.05) is 11.6 Å². The van der Waals surface area contributed by atoms with Crippen LogP contribution in [-0.4, -0.2) is 22.1 Å². The molecule has 0 bridgehead atoms. The molecule has 0 atom stereocenters. The summed E-state index contributed by atoms with van der Waals surface area (Å²) >= 11 is 5.85. The predicted octanol–water partition coefficient (Wildman–Crippen LogP) is 3.15. The number of hydrazone groups is 1. The summed E-state index contributed by atoms with van der Waals surface area (Å²) in [5.41, 5.74) is 3.44. The van der Waals surface area contributed by atoms with E-state index in [4.69, 9.17) is 16.0 Å². The quantitative estimate of drug-likeness (QED) is 0.590. The van der Waals surface area contributed by atoms with Crippen molar-refractivity contribution in [3.05, 3.63) is 71.5 Å². The molecule has 0 aliphatic heterocycles. The largest absolute Gasteiger partial charge is 0.455 e. The smallest absolute Gasteiger partial charge is 0.291 e. The van der Waals surface area contributed by atoms with Crippen molar-refractivity contribution in [3.8, 4) is 11.3 Å². The van der Waals surface area contributed by atoms with Crippen molar-refractivity contribution in [2.75, 3.05) is 0 Å². The Labute approximate surface area is 136 Å². The number of rotatable bonds is 4. The summed E-state index contributed by atoms with van der Waals surface area (Å²) in [6, 6.07) is 10.9. The van der Waals surface area contributed by atoms with Crippen LogP contribution in [0.25, 0.3) is 11.3 Å². The van der Waals surface area contributed by atoms with E-state index in [1.165, 1.54) is 24.8 Å². The zero-order chi connectivity index (χ0) is 16.1. The standard InChI is InChI=1S/C16H11ClN4O2/c17-12-3-1-11(2-4-12)15-6-5-13(23-15)9-20-21-16(22)14-10-18-7-8-19-14/h1-10H,(H,21,22)/b20-9+. The van der Waals surface area contributed by atoms with E-state index in [0.29, 0.717) is 16.5 Å². The number of hydrogen-bond donors (Lipinski definition) is 1. The Bertz CT molecular complexity index is 829. The number of benzene rings is 1. The maximum absolute atomic E-state index is 11.7. The van der Waals surface area contributed by atoms with E-state index in [0.717, 1.165) is 5.56 Å². The van der Waals surface area contributed by atoms with E-state index in [1.54, 1.807) is 18.2 Å². The maximum Gasteiger partial charge on any atom is 0.291 e. The fourth-order valence-corrected chi connectivity index (χ4v) is 1.95. The number of aromatic nitrogens is 2. The Morgan fingerprint density at radius 3 is 2.74 bits per heavy atom. The highest BCUT2D eigenvalue weighted by Gasteiger charge is 2.06. The van der Waals surface area contributed by atoms with Crippen molar-refractivity contribution in [3.63, 3.8) is 0 Å². The number of hydrogen-bond acceptors (Lipinski definition) is 5. The number of carbonyl (C=O) groups excluding carboxylic acids is 1. The molecule has 3 rings (SSSR count). The highest BCUT2D eigenvalue weighted by molar-refractivity contribution is 6.30. The summed E-state index contributed by atoms with van der Waals surface area (Å²) < 4.78 is 5.63. The van der Waals surface area contributed by atoms with Gasteiger partial charge in [0.15, 0.2) is 0 Å². The first-order valence-electron chi connectivity index (χ1n) is 6.67. The molecular formula is C16H11ClN4O2. The monoisotopic (exact) mass is 326 g/mol. The first-order valence-corrected chi connectivity index (χ1v) is 7.05. The van der Waals surface area contributed by atoms with Crippen LogP contribution in [0.1, 0.15) is 16.2 Å². The van der Waals surface area contributed by atoms with Crippen LogP contribution < -0.4 is 5.43 Å². The second-order valence-corrected chi connectivity index (χ2v) is 4.94. The van der Waals surface area contributed by atoms with Gasteiger partial charge in [0.1, 0.15) is 17.2 Å². The minimum atomic E-state index is -0.446. The molecule has 3 aromatic rings. The van der Waals surface area contributed by atoms with Gasteiger partial charge in [0, 0.05) is 23.0 Å². The molecule has 1 N–H and O–H groups in total. The highest BCUT2D eigenvalue weighted by atomic mass is 35.5. The average Bonchev–Trinajstić information content (AvgIpc) is 3.05. The summed E-state index contributed by atoms with van der Waals surface area (Å²) in [7, 11) is 0. The van der Waals surface area contributed by atoms with Crippen LogP contribution in [0, 0.1) is 0 Å². The molecule has 0 aliphatic rings. The zero-order valence-electron chi connectivity index (χ0n) is 11.8. The van der Waals surface area contributed by atoms with E-state index >= 15 is 0 Å². The Balaban J connectivity index is 1.65. The molecule has 0 radical (unpaired) electrons. The van der Waals surface area contributed by atoms with Gasteiger partial charge in [-0.05, 0) is 36.4 Å². The molecule has 0 saturated heterocycles. The molecule has 0 unspecified atom stereocenters. The van der Waals surface area contributed by atoms with Gasteiger partial charge in [0.25, 0.3) is 5.91 Å². The van der Waals surface area contributed by atoms with Crippen molar-refractivity contribution < 1.29 is 9.21 Å². The Hall–Kier alpha value is -2.99. The molecule has 7 heteroatoms. The average molecular weight is 327 g/mol. The third-order valence-electron chi connectivity index (χ3n) is 2.91. The normalized spacial score (nSPS) is 10.8. The first kappa shape index (κ1) is 14.9. The molecular weight excluding hydrogens is 316 g/mol. The minimum Gasteiger partial charge on any atom is -0.455 e. The van der Waals surface area contributed by atoms with Gasteiger partial charge < -0.3 is 4.42 Å². The van der Waals surface area contributed by atoms with Crippen LogP contribution in [0.3, 0.4) is 0 Å². The molecule has 23 heavy (non-hydrogen) atoms. The Morgan fingerprint density at radius 1 is 1.17 bits per heavy atom. The predicted molar refractivity (Wildman–Crippen MR) is 86.2 cm³/mol. The number of nitrogens with one attached hydrogen (secondary N) is 1. The van der Waals surface area contributed by atoms with Crippen molar-refractivity contribution in [2.24, 2.45) is 5.10 Å². The first-order chi connectivity index (χ1) is 11.2. The molecule has 0 aliphatic carbocycles. The lowest BCUT2D eigenvalue weighted by Gasteiger charge is -1.97. The zero-order valence-corrected chi connectivity index (χ0v) is 12.6. The molecule has 114 valence electrons. The van der Waals surface area contributed by atoms with Crippen molar-refractivity contribution in [2.45, 2.75) is 0 Å². The molecule has 6 nitrogen and oxygen atoms in total. The van der Waals surface area contributed by atoms with Crippen LogP contribution in [0.2, 0.25) is 5.02 Å². The number of amides is 1. The van der Waals surface area contributed by atoms with E-state index in [1.807, 2.05) is 18.2 Å². The number of nitrogens with zero attached hydrogens (tertiary/aromatic N) is 3. The second-order valence-electron chi connectivity index (χ2n) is 4.50. The van der Waals surface area contributed by atoms with Crippen molar-refractivity contribution in [1.82, 2.24) is 15.4 Å². The van der Waals surface area contributed by atoms with Gasteiger partial charge in [-0.2, -0.15) is 5.10 Å². The SMILES string of the molecule is O=C(N/N=C/c1ccc(-c2ccc(Cl)cc2)o1)c1cnccn1. The second kappa shape index (κ2) is 6.85. The molecule has 2 heterocycles. The number of carbonyl (C=O) groups is 1. The molecule has 0 spiro atoms. The molecule has 2 aromatic heterocycles. The Kier molecular flexibility index (Phi) is 4.44. The summed E-state index contributed by atoms with van der Waals surface area (Å²) in [4.78, 5) is 19.4. The summed E-state index contributed by atoms with van der Waals surface area (Å²) in [5.74, 6) is 0.747. The van der Waals surface area contributed by atoms with Crippen LogP contribution in [0.5, 0.6) is 0 Å². The minimum absolute atomic E-state index is 0.186. The lowest BCUT2D eigenvalue weighted by atomic mass is 10.2. The topological polar surface area (TPSA) is 80.4 Å². The van der Waals surface area contributed by atoms with Gasteiger partial charge >= 0.3 is 0 Å². The third kappa shape index (κ3) is 3.81. The van der Waals surface area contributed by atoms with Crippen LogP contribution >= 0.6 is 11.6 Å². The van der Waals surface area contributed by atoms with Crippen LogP contribution in [0.15, 0.2) is 64.5 Å². The van der Waals surface area contributed by atoms with E-state index in [9.17, 15) is 4.79 Å². The Morgan fingerprint density at radius 2 is 2.00 bits per heavy atom. The molecule has 1 aromatic carbocycles. The van der Waals surface area contributed by atoms with E-state index in [-0.39, 0.29) is 5.69 Å². The molecule has 0 saturated carbocycles. The van der Waals surface area contributed by atoms with Crippen LogP contribution in [0.4, 0.5) is 0 Å². The lowest BCUT2D eigenvalue weighted by molar-refractivity contribution is 0.0949. The van der Waals surface area contributed by atoms with Gasteiger partial charge in [-0.25, -0.2) is 10.4 Å². The fourth-order valence-electron chi connectivity index (χ4n) is 1.82. The van der Waals surface area contributed by atoms with E-state index < -0.39 is 5.91 Å². The number of furan rings is 1. The lowest BCUT2D eigenvalue weighted by Crippen LogP contribution is -2.18. The van der Waals surface area contributed by atoms with Gasteiger partial charge in [0.2, 0.25) is 0 Å². The summed E-state index contributed by atoms with van der Waals surface area (Å²) in [6.45, 7) is 0. The van der Waals surface area contributed by atoms with E-state index in [2.05, 4.69) is 20.5 Å². The molecule has 0 fully saturated rings. The summed E-state index contributed by atoms with van der Waals surface area (Å²) in [5, 5.41) is 4.49. The van der Waals surface area contributed by atoms with Crippen molar-refractivity contribution in [1.29, 1.82) is 0 Å². The summed E-state index contributed by atoms with van der Waals surface area (Å²) in [6.07, 6.45) is 5.69. The maximum atomic E-state index is 11.7. The third-order valence-corrected chi connectivity index (χ3v) is 3.16. The van der Waals surface area contributed by atoms with Gasteiger partial charge in [-0.3, -0.25) is 9.78 Å². The fraction of sp³-hybridized carbons (Fsp3) is 0. The highest BCUT2D eigenvalue weighted by Crippen LogP contribution is 2.23. The molecule has 1 amide bonds. The van der Waals surface area contributed by atoms with Gasteiger partial charge in [0.05, 0.1) is 12.4 Å². The van der Waals surface area contributed by atoms with Crippen molar-refractivity contribution >= 4 is 23.7 Å².